The van der Waals surface area contributed by atoms with Crippen LogP contribution in [0.5, 0.6) is 5.75 Å². The second kappa shape index (κ2) is 9.90. The standard InChI is InChI=1S/C26H28N2O5/c1-32-19-13-11-17(12-14-19)16-28-23-10-6-9-22(27-24(29)18-7-4-3-5-8-18)20(23)15-21(25(28)30)26(31)33-2/h6,9-15,18H,3-5,7-8,16H2,1-2H3,(H,27,29). The third-order valence-electron chi connectivity index (χ3n) is 6.28. The van der Waals surface area contributed by atoms with E-state index in [1.165, 1.54) is 13.2 Å². The molecular formula is C26H28N2O5. The zero-order valence-electron chi connectivity index (χ0n) is 18.9. The zero-order valence-corrected chi connectivity index (χ0v) is 18.9. The Kier molecular flexibility index (Phi) is 6.77. The first-order chi connectivity index (χ1) is 16.0. The van der Waals surface area contributed by atoms with Crippen molar-refractivity contribution in [1.29, 1.82) is 0 Å². The lowest BCUT2D eigenvalue weighted by Crippen LogP contribution is -2.28. The summed E-state index contributed by atoms with van der Waals surface area (Å²) in [5.41, 5.74) is 1.57. The number of benzene rings is 2. The molecule has 3 aromatic rings. The number of nitrogens with zero attached hydrogens (tertiary/aromatic N) is 1. The lowest BCUT2D eigenvalue weighted by molar-refractivity contribution is -0.120. The number of fused-ring (bicyclic) bond motifs is 1. The number of esters is 1. The summed E-state index contributed by atoms with van der Waals surface area (Å²) in [6, 6.07) is 14.3. The number of pyridine rings is 1. The van der Waals surface area contributed by atoms with Gasteiger partial charge in [-0.3, -0.25) is 9.59 Å². The molecule has 0 atom stereocenters. The summed E-state index contributed by atoms with van der Waals surface area (Å²) in [6.07, 6.45) is 5.04. The molecule has 33 heavy (non-hydrogen) atoms. The van der Waals surface area contributed by atoms with Crippen LogP contribution >= 0.6 is 0 Å². The number of nitrogens with one attached hydrogen (secondary N) is 1. The van der Waals surface area contributed by atoms with Gasteiger partial charge < -0.3 is 19.4 Å². The maximum absolute atomic E-state index is 13.2. The first-order valence-corrected chi connectivity index (χ1v) is 11.2. The summed E-state index contributed by atoms with van der Waals surface area (Å²) in [6.45, 7) is 0.254. The number of aromatic nitrogens is 1. The molecule has 0 bridgehead atoms. The molecule has 0 unspecified atom stereocenters. The normalized spacial score (nSPS) is 14.1. The van der Waals surface area contributed by atoms with Crippen molar-refractivity contribution in [3.63, 3.8) is 0 Å². The highest BCUT2D eigenvalue weighted by Gasteiger charge is 2.23. The van der Waals surface area contributed by atoms with E-state index in [9.17, 15) is 14.4 Å². The SMILES string of the molecule is COC(=O)c1cc2c(NC(=O)C3CCCCC3)cccc2n(Cc2ccc(OC)cc2)c1=O. The first kappa shape index (κ1) is 22.6. The van der Waals surface area contributed by atoms with Crippen molar-refractivity contribution < 1.29 is 19.1 Å². The number of ether oxygens (including phenoxy) is 2. The van der Waals surface area contributed by atoms with Crippen LogP contribution in [0.3, 0.4) is 0 Å². The number of methoxy groups -OCH3 is 2. The van der Waals surface area contributed by atoms with Crippen LogP contribution in [-0.4, -0.2) is 30.7 Å². The number of rotatable bonds is 6. The molecule has 1 fully saturated rings. The monoisotopic (exact) mass is 448 g/mol. The van der Waals surface area contributed by atoms with Crippen molar-refractivity contribution in [2.45, 2.75) is 38.6 Å². The topological polar surface area (TPSA) is 86.6 Å². The smallest absolute Gasteiger partial charge is 0.343 e. The van der Waals surface area contributed by atoms with Gasteiger partial charge in [-0.25, -0.2) is 4.79 Å². The summed E-state index contributed by atoms with van der Waals surface area (Å²) in [5.74, 6) is -0.0280. The molecule has 1 amide bonds. The third-order valence-corrected chi connectivity index (χ3v) is 6.28. The van der Waals surface area contributed by atoms with Crippen LogP contribution in [-0.2, 0) is 16.1 Å². The van der Waals surface area contributed by atoms with Gasteiger partial charge >= 0.3 is 5.97 Å². The van der Waals surface area contributed by atoms with Gasteiger partial charge in [0.15, 0.2) is 0 Å². The van der Waals surface area contributed by atoms with Crippen LogP contribution in [0.1, 0.15) is 48.0 Å². The quantitative estimate of drug-likeness (QED) is 0.566. The van der Waals surface area contributed by atoms with E-state index < -0.39 is 11.5 Å². The average Bonchev–Trinajstić information content (AvgIpc) is 2.86. The van der Waals surface area contributed by atoms with E-state index in [2.05, 4.69) is 5.32 Å². The first-order valence-electron chi connectivity index (χ1n) is 11.2. The number of hydrogen-bond donors (Lipinski definition) is 1. The molecule has 0 saturated heterocycles. The van der Waals surface area contributed by atoms with Crippen LogP contribution in [0.15, 0.2) is 53.3 Å². The lowest BCUT2D eigenvalue weighted by Gasteiger charge is -2.21. The Morgan fingerprint density at radius 2 is 1.76 bits per heavy atom. The Hall–Kier alpha value is -3.61. The van der Waals surface area contributed by atoms with Crippen LogP contribution < -0.4 is 15.6 Å². The van der Waals surface area contributed by atoms with Gasteiger partial charge in [0, 0.05) is 11.3 Å². The van der Waals surface area contributed by atoms with Crippen LogP contribution in [0.2, 0.25) is 0 Å². The average molecular weight is 449 g/mol. The van der Waals surface area contributed by atoms with E-state index >= 15 is 0 Å². The van der Waals surface area contributed by atoms with Gasteiger partial charge in [-0.05, 0) is 48.7 Å². The van der Waals surface area contributed by atoms with Gasteiger partial charge in [0.05, 0.1) is 32.0 Å². The van der Waals surface area contributed by atoms with Crippen molar-refractivity contribution in [3.8, 4) is 5.75 Å². The predicted molar refractivity (Wildman–Crippen MR) is 127 cm³/mol. The van der Waals surface area contributed by atoms with E-state index in [0.717, 1.165) is 37.7 Å². The molecule has 1 heterocycles. The molecule has 7 nitrogen and oxygen atoms in total. The highest BCUT2D eigenvalue weighted by Crippen LogP contribution is 2.28. The van der Waals surface area contributed by atoms with E-state index in [1.807, 2.05) is 30.3 Å². The summed E-state index contributed by atoms with van der Waals surface area (Å²) >= 11 is 0. The molecule has 1 N–H and O–H groups in total. The molecule has 1 saturated carbocycles. The molecule has 1 aliphatic rings. The molecule has 0 spiro atoms. The molecule has 4 rings (SSSR count). The maximum Gasteiger partial charge on any atom is 0.343 e. The van der Waals surface area contributed by atoms with Crippen molar-refractivity contribution in [2.24, 2.45) is 5.92 Å². The second-order valence-electron chi connectivity index (χ2n) is 8.35. The Labute approximate surface area is 192 Å². The molecule has 1 aromatic heterocycles. The summed E-state index contributed by atoms with van der Waals surface area (Å²) in [7, 11) is 2.84. The van der Waals surface area contributed by atoms with Crippen molar-refractivity contribution in [3.05, 3.63) is 70.0 Å². The number of carbonyl (C=O) groups excluding carboxylic acids is 2. The summed E-state index contributed by atoms with van der Waals surface area (Å²) in [4.78, 5) is 38.6. The summed E-state index contributed by atoms with van der Waals surface area (Å²) < 4.78 is 11.6. The number of carbonyl (C=O) groups is 2. The lowest BCUT2D eigenvalue weighted by atomic mass is 9.88. The van der Waals surface area contributed by atoms with Crippen LogP contribution in [0.25, 0.3) is 10.9 Å². The van der Waals surface area contributed by atoms with E-state index in [4.69, 9.17) is 9.47 Å². The van der Waals surface area contributed by atoms with E-state index in [-0.39, 0.29) is 23.9 Å². The fraction of sp³-hybridized carbons (Fsp3) is 0.346. The van der Waals surface area contributed by atoms with Gasteiger partial charge in [-0.1, -0.05) is 37.5 Å². The molecule has 1 aliphatic carbocycles. The molecular weight excluding hydrogens is 420 g/mol. The van der Waals surface area contributed by atoms with Crippen LogP contribution in [0.4, 0.5) is 5.69 Å². The highest BCUT2D eigenvalue weighted by molar-refractivity contribution is 6.04. The number of anilines is 1. The van der Waals surface area contributed by atoms with Crippen molar-refractivity contribution in [2.75, 3.05) is 19.5 Å². The minimum Gasteiger partial charge on any atom is -0.497 e. The molecule has 7 heteroatoms. The number of amides is 1. The molecule has 172 valence electrons. The summed E-state index contributed by atoms with van der Waals surface area (Å²) in [5, 5.41) is 3.66. The van der Waals surface area contributed by atoms with Crippen LogP contribution in [0, 0.1) is 5.92 Å². The Morgan fingerprint density at radius 1 is 1.03 bits per heavy atom. The molecule has 0 aliphatic heterocycles. The van der Waals surface area contributed by atoms with Gasteiger partial charge in [0.2, 0.25) is 5.91 Å². The van der Waals surface area contributed by atoms with E-state index in [0.29, 0.717) is 22.3 Å². The minimum absolute atomic E-state index is 0.0145. The van der Waals surface area contributed by atoms with Crippen molar-refractivity contribution in [1.82, 2.24) is 4.57 Å². The highest BCUT2D eigenvalue weighted by atomic mass is 16.5. The Bertz CT molecular complexity index is 1220. The van der Waals surface area contributed by atoms with E-state index in [1.54, 1.807) is 23.8 Å². The molecule has 0 radical (unpaired) electrons. The van der Waals surface area contributed by atoms with Gasteiger partial charge in [-0.15, -0.1) is 0 Å². The maximum atomic E-state index is 13.2. The largest absolute Gasteiger partial charge is 0.497 e. The van der Waals surface area contributed by atoms with Crippen molar-refractivity contribution >= 4 is 28.5 Å². The fourth-order valence-corrected chi connectivity index (χ4v) is 4.44. The van der Waals surface area contributed by atoms with Gasteiger partial charge in [-0.2, -0.15) is 0 Å². The van der Waals surface area contributed by atoms with Gasteiger partial charge in [0.25, 0.3) is 5.56 Å². The third kappa shape index (κ3) is 4.77. The fourth-order valence-electron chi connectivity index (χ4n) is 4.44. The number of hydrogen-bond acceptors (Lipinski definition) is 5. The molecule has 2 aromatic carbocycles. The Morgan fingerprint density at radius 3 is 2.42 bits per heavy atom. The predicted octanol–water partition coefficient (Wildman–Crippen LogP) is 4.36. The minimum atomic E-state index is -0.709. The Balaban J connectivity index is 1.79. The zero-order chi connectivity index (χ0) is 23.4. The van der Waals surface area contributed by atoms with Gasteiger partial charge in [0.1, 0.15) is 11.3 Å². The second-order valence-corrected chi connectivity index (χ2v) is 8.35.